The van der Waals surface area contributed by atoms with Crippen molar-refractivity contribution in [3.05, 3.63) is 29.3 Å². The Morgan fingerprint density at radius 3 is 2.81 bits per heavy atom. The SMILES string of the molecule is C[C@@H]1C[C@]2(C)[C@H](O)CC[C@@H]2[C@@H]2CCc3cc(O)ccc3[C@H]21. The molecule has 4 rings (SSSR count). The summed E-state index contributed by atoms with van der Waals surface area (Å²) in [7, 11) is 0. The van der Waals surface area contributed by atoms with Crippen molar-refractivity contribution in [1.82, 2.24) is 0 Å². The highest BCUT2D eigenvalue weighted by molar-refractivity contribution is 5.40. The van der Waals surface area contributed by atoms with E-state index in [9.17, 15) is 10.2 Å². The predicted octanol–water partition coefficient (Wildman–Crippen LogP) is 3.86. The summed E-state index contributed by atoms with van der Waals surface area (Å²) in [5.41, 5.74) is 2.96. The van der Waals surface area contributed by atoms with Crippen LogP contribution in [0.15, 0.2) is 18.2 Å². The van der Waals surface area contributed by atoms with Gasteiger partial charge in [0.25, 0.3) is 0 Å². The molecule has 0 heterocycles. The summed E-state index contributed by atoms with van der Waals surface area (Å²) >= 11 is 0. The molecule has 1 aromatic rings. The van der Waals surface area contributed by atoms with Gasteiger partial charge in [-0.1, -0.05) is 19.9 Å². The Hall–Kier alpha value is -1.02. The largest absolute Gasteiger partial charge is 0.508 e. The van der Waals surface area contributed by atoms with Gasteiger partial charge in [0.2, 0.25) is 0 Å². The van der Waals surface area contributed by atoms with E-state index in [-0.39, 0.29) is 11.5 Å². The van der Waals surface area contributed by atoms with Crippen molar-refractivity contribution < 1.29 is 10.2 Å². The van der Waals surface area contributed by atoms with E-state index in [2.05, 4.69) is 19.9 Å². The van der Waals surface area contributed by atoms with Crippen LogP contribution in [0.3, 0.4) is 0 Å². The molecule has 21 heavy (non-hydrogen) atoms. The molecular formula is C19H26O2. The molecule has 1 aromatic carbocycles. The molecule has 0 amide bonds. The topological polar surface area (TPSA) is 40.5 Å². The number of aryl methyl sites for hydroxylation is 1. The molecule has 0 saturated heterocycles. The highest BCUT2D eigenvalue weighted by Gasteiger charge is 2.56. The van der Waals surface area contributed by atoms with E-state index in [0.29, 0.717) is 29.4 Å². The number of aliphatic hydroxyl groups is 1. The molecule has 114 valence electrons. The molecule has 2 N–H and O–H groups in total. The van der Waals surface area contributed by atoms with Crippen LogP contribution in [0.2, 0.25) is 0 Å². The Morgan fingerprint density at radius 2 is 2.00 bits per heavy atom. The van der Waals surface area contributed by atoms with Crippen molar-refractivity contribution in [2.75, 3.05) is 0 Å². The van der Waals surface area contributed by atoms with E-state index in [4.69, 9.17) is 0 Å². The average Bonchev–Trinajstić information content (AvgIpc) is 2.74. The van der Waals surface area contributed by atoms with Gasteiger partial charge >= 0.3 is 0 Å². The van der Waals surface area contributed by atoms with Crippen molar-refractivity contribution >= 4 is 0 Å². The number of phenols is 1. The maximum absolute atomic E-state index is 10.5. The molecule has 3 aliphatic rings. The van der Waals surface area contributed by atoms with Crippen molar-refractivity contribution in [1.29, 1.82) is 0 Å². The lowest BCUT2D eigenvalue weighted by Gasteiger charge is -2.53. The molecule has 0 radical (unpaired) electrons. The number of hydrogen-bond acceptors (Lipinski definition) is 2. The second-order valence-electron chi connectivity index (χ2n) is 8.00. The fourth-order valence-corrected chi connectivity index (χ4v) is 6.10. The summed E-state index contributed by atoms with van der Waals surface area (Å²) in [5, 5.41) is 20.2. The molecule has 6 atom stereocenters. The maximum atomic E-state index is 10.5. The first kappa shape index (κ1) is 13.6. The minimum atomic E-state index is -0.105. The van der Waals surface area contributed by atoms with Crippen LogP contribution in [-0.4, -0.2) is 16.3 Å². The van der Waals surface area contributed by atoms with Gasteiger partial charge in [0, 0.05) is 0 Å². The standard InChI is InChI=1S/C19H26O2/c1-11-10-19(2)16(7-8-17(19)21)15-5-3-12-9-13(20)4-6-14(12)18(11)15/h4,6,9,11,15-18,20-21H,3,5,7-8,10H2,1-2H3/t11-,15+,16-,17-,18-,19+/m1/s1. The first-order valence-electron chi connectivity index (χ1n) is 8.50. The van der Waals surface area contributed by atoms with E-state index in [1.54, 1.807) is 0 Å². The summed E-state index contributed by atoms with van der Waals surface area (Å²) in [4.78, 5) is 0. The van der Waals surface area contributed by atoms with Crippen molar-refractivity contribution in [2.24, 2.45) is 23.2 Å². The van der Waals surface area contributed by atoms with Gasteiger partial charge in [-0.05, 0) is 84.5 Å². The van der Waals surface area contributed by atoms with Crippen LogP contribution in [0.5, 0.6) is 5.75 Å². The normalized spacial score (nSPS) is 44.8. The van der Waals surface area contributed by atoms with Gasteiger partial charge in [-0.15, -0.1) is 0 Å². The highest BCUT2D eigenvalue weighted by Crippen LogP contribution is 2.62. The zero-order valence-corrected chi connectivity index (χ0v) is 13.0. The van der Waals surface area contributed by atoms with Crippen LogP contribution in [-0.2, 0) is 6.42 Å². The lowest BCUT2D eigenvalue weighted by Crippen LogP contribution is -2.47. The van der Waals surface area contributed by atoms with E-state index in [1.165, 1.54) is 24.0 Å². The second kappa shape index (κ2) is 4.49. The van der Waals surface area contributed by atoms with Crippen molar-refractivity contribution in [3.63, 3.8) is 0 Å². The number of aromatic hydroxyl groups is 1. The van der Waals surface area contributed by atoms with Gasteiger partial charge in [0.15, 0.2) is 0 Å². The Bertz CT molecular complexity index is 567. The van der Waals surface area contributed by atoms with Crippen LogP contribution in [0.1, 0.15) is 56.6 Å². The third-order valence-corrected chi connectivity index (χ3v) is 6.95. The smallest absolute Gasteiger partial charge is 0.115 e. The van der Waals surface area contributed by atoms with Gasteiger partial charge < -0.3 is 10.2 Å². The zero-order chi connectivity index (χ0) is 14.8. The third-order valence-electron chi connectivity index (χ3n) is 6.95. The van der Waals surface area contributed by atoms with Crippen molar-refractivity contribution in [3.8, 4) is 5.75 Å². The van der Waals surface area contributed by atoms with Crippen LogP contribution >= 0.6 is 0 Å². The highest BCUT2D eigenvalue weighted by atomic mass is 16.3. The Balaban J connectivity index is 1.76. The monoisotopic (exact) mass is 286 g/mol. The van der Waals surface area contributed by atoms with Crippen LogP contribution < -0.4 is 0 Å². The van der Waals surface area contributed by atoms with E-state index in [1.807, 2.05) is 12.1 Å². The number of rotatable bonds is 0. The van der Waals surface area contributed by atoms with Gasteiger partial charge in [-0.3, -0.25) is 0 Å². The number of aliphatic hydroxyl groups excluding tert-OH is 1. The van der Waals surface area contributed by atoms with E-state index in [0.717, 1.165) is 19.3 Å². The molecular weight excluding hydrogens is 260 g/mol. The fourth-order valence-electron chi connectivity index (χ4n) is 6.10. The first-order valence-corrected chi connectivity index (χ1v) is 8.50. The summed E-state index contributed by atoms with van der Waals surface area (Å²) in [6, 6.07) is 5.98. The van der Waals surface area contributed by atoms with Gasteiger partial charge in [0.1, 0.15) is 5.75 Å². The first-order chi connectivity index (χ1) is 10.0. The molecule has 2 nitrogen and oxygen atoms in total. The van der Waals surface area contributed by atoms with Crippen LogP contribution in [0.25, 0.3) is 0 Å². The quantitative estimate of drug-likeness (QED) is 0.760. The maximum Gasteiger partial charge on any atom is 0.115 e. The summed E-state index contributed by atoms with van der Waals surface area (Å²) in [6.45, 7) is 4.69. The zero-order valence-electron chi connectivity index (χ0n) is 13.0. The lowest BCUT2D eigenvalue weighted by molar-refractivity contribution is -0.0441. The second-order valence-corrected chi connectivity index (χ2v) is 8.00. The molecule has 0 aliphatic heterocycles. The molecule has 2 fully saturated rings. The minimum absolute atomic E-state index is 0.105. The van der Waals surface area contributed by atoms with Gasteiger partial charge in [-0.2, -0.15) is 0 Å². The number of fused-ring (bicyclic) bond motifs is 5. The molecule has 2 heteroatoms. The molecule has 2 saturated carbocycles. The van der Waals surface area contributed by atoms with E-state index < -0.39 is 0 Å². The third kappa shape index (κ3) is 1.81. The van der Waals surface area contributed by atoms with Crippen LogP contribution in [0, 0.1) is 23.2 Å². The average molecular weight is 286 g/mol. The fraction of sp³-hybridized carbons (Fsp3) is 0.684. The summed E-state index contributed by atoms with van der Waals surface area (Å²) in [6.07, 6.45) is 5.52. The molecule has 0 aromatic heterocycles. The number of benzene rings is 1. The van der Waals surface area contributed by atoms with Crippen LogP contribution in [0.4, 0.5) is 0 Å². The minimum Gasteiger partial charge on any atom is -0.508 e. The van der Waals surface area contributed by atoms with E-state index >= 15 is 0 Å². The number of hydrogen-bond donors (Lipinski definition) is 2. The predicted molar refractivity (Wildman–Crippen MR) is 83.3 cm³/mol. The molecule has 0 spiro atoms. The van der Waals surface area contributed by atoms with Gasteiger partial charge in [-0.25, -0.2) is 0 Å². The number of phenolic OH excluding ortho intramolecular Hbond substituents is 1. The molecule has 0 unspecified atom stereocenters. The summed E-state index contributed by atoms with van der Waals surface area (Å²) < 4.78 is 0. The Morgan fingerprint density at radius 1 is 1.19 bits per heavy atom. The van der Waals surface area contributed by atoms with Gasteiger partial charge in [0.05, 0.1) is 6.10 Å². The molecule has 3 aliphatic carbocycles. The lowest BCUT2D eigenvalue weighted by atomic mass is 9.52. The Labute approximate surface area is 127 Å². The van der Waals surface area contributed by atoms with Crippen molar-refractivity contribution in [2.45, 2.75) is 58.0 Å². The summed E-state index contributed by atoms with van der Waals surface area (Å²) in [5.74, 6) is 3.03. The Kier molecular flexibility index (Phi) is 2.91. The molecule has 0 bridgehead atoms.